The summed E-state index contributed by atoms with van der Waals surface area (Å²) in [5.74, 6) is 0. The van der Waals surface area contributed by atoms with E-state index in [9.17, 15) is 4.79 Å². The second kappa shape index (κ2) is 6.24. The molecule has 0 fully saturated rings. The van der Waals surface area contributed by atoms with Crippen LogP contribution in [0.1, 0.15) is 11.1 Å². The maximum Gasteiger partial charge on any atom is 0.323 e. The van der Waals surface area contributed by atoms with Gasteiger partial charge in [-0.25, -0.2) is 4.79 Å². The standard InChI is InChI=1S/C15H15Cl2N3O/c1-8-3-4-13(18)9(2)14(8)20-15(21)19-12-6-10(16)5-11(17)7-12/h3-7H,18H2,1-2H3,(H2,19,20,21). The summed E-state index contributed by atoms with van der Waals surface area (Å²) in [7, 11) is 0. The van der Waals surface area contributed by atoms with Gasteiger partial charge in [-0.3, -0.25) is 0 Å². The maximum atomic E-state index is 12.1. The van der Waals surface area contributed by atoms with Crippen LogP contribution in [0.3, 0.4) is 0 Å². The van der Waals surface area contributed by atoms with Gasteiger partial charge in [0.1, 0.15) is 0 Å². The van der Waals surface area contributed by atoms with E-state index in [-0.39, 0.29) is 6.03 Å². The summed E-state index contributed by atoms with van der Waals surface area (Å²) < 4.78 is 0. The topological polar surface area (TPSA) is 67.1 Å². The third-order valence-electron chi connectivity index (χ3n) is 3.07. The van der Waals surface area contributed by atoms with Crippen molar-refractivity contribution < 1.29 is 4.79 Å². The van der Waals surface area contributed by atoms with Crippen molar-refractivity contribution >= 4 is 46.3 Å². The average molecular weight is 324 g/mol. The molecule has 2 rings (SSSR count). The first-order chi connectivity index (χ1) is 9.86. The Bertz CT molecular complexity index is 681. The predicted octanol–water partition coefficient (Wildman–Crippen LogP) is 4.84. The van der Waals surface area contributed by atoms with Crippen molar-refractivity contribution in [1.29, 1.82) is 0 Å². The van der Waals surface area contributed by atoms with E-state index < -0.39 is 0 Å². The van der Waals surface area contributed by atoms with Crippen LogP contribution in [0.15, 0.2) is 30.3 Å². The Kier molecular flexibility index (Phi) is 4.60. The lowest BCUT2D eigenvalue weighted by Crippen LogP contribution is -2.20. The highest BCUT2D eigenvalue weighted by atomic mass is 35.5. The molecule has 0 unspecified atom stereocenters. The minimum atomic E-state index is -0.384. The van der Waals surface area contributed by atoms with Crippen molar-refractivity contribution in [2.75, 3.05) is 16.4 Å². The molecule has 110 valence electrons. The zero-order chi connectivity index (χ0) is 15.6. The van der Waals surface area contributed by atoms with E-state index in [1.54, 1.807) is 18.2 Å². The Morgan fingerprint density at radius 1 is 1.05 bits per heavy atom. The van der Waals surface area contributed by atoms with Crippen LogP contribution < -0.4 is 16.4 Å². The number of benzene rings is 2. The molecular weight excluding hydrogens is 309 g/mol. The van der Waals surface area contributed by atoms with E-state index in [2.05, 4.69) is 10.6 Å². The van der Waals surface area contributed by atoms with Crippen LogP contribution in [-0.2, 0) is 0 Å². The number of urea groups is 1. The van der Waals surface area contributed by atoms with Crippen molar-refractivity contribution in [3.8, 4) is 0 Å². The number of aryl methyl sites for hydroxylation is 1. The van der Waals surface area contributed by atoms with Crippen LogP contribution in [0.4, 0.5) is 21.9 Å². The molecule has 2 amide bonds. The lowest BCUT2D eigenvalue weighted by Gasteiger charge is -2.14. The zero-order valence-corrected chi connectivity index (χ0v) is 13.1. The third kappa shape index (κ3) is 3.80. The summed E-state index contributed by atoms with van der Waals surface area (Å²) in [4.78, 5) is 12.1. The molecule has 0 spiro atoms. The van der Waals surface area contributed by atoms with Crippen LogP contribution >= 0.6 is 23.2 Å². The number of nitrogens with two attached hydrogens (primary N) is 1. The molecule has 0 aliphatic carbocycles. The van der Waals surface area contributed by atoms with Crippen molar-refractivity contribution in [3.05, 3.63) is 51.5 Å². The first kappa shape index (κ1) is 15.5. The maximum absolute atomic E-state index is 12.1. The number of rotatable bonds is 2. The van der Waals surface area contributed by atoms with Gasteiger partial charge in [0.05, 0.1) is 5.69 Å². The average Bonchev–Trinajstić information content (AvgIpc) is 2.38. The minimum absolute atomic E-state index is 0.384. The van der Waals surface area contributed by atoms with E-state index in [1.165, 1.54) is 0 Å². The molecule has 0 aliphatic rings. The van der Waals surface area contributed by atoms with Crippen molar-refractivity contribution in [2.45, 2.75) is 13.8 Å². The first-order valence-corrected chi connectivity index (χ1v) is 7.02. The van der Waals surface area contributed by atoms with Crippen LogP contribution in [0, 0.1) is 13.8 Å². The smallest absolute Gasteiger partial charge is 0.323 e. The van der Waals surface area contributed by atoms with Gasteiger partial charge < -0.3 is 16.4 Å². The fraction of sp³-hybridized carbons (Fsp3) is 0.133. The molecular formula is C15H15Cl2N3O. The number of nitrogen functional groups attached to an aromatic ring is 1. The van der Waals surface area contributed by atoms with Crippen molar-refractivity contribution in [3.63, 3.8) is 0 Å². The number of hydrogen-bond donors (Lipinski definition) is 3. The summed E-state index contributed by atoms with van der Waals surface area (Å²) in [6.45, 7) is 3.76. The minimum Gasteiger partial charge on any atom is -0.398 e. The van der Waals surface area contributed by atoms with Gasteiger partial charge in [0, 0.05) is 21.4 Å². The molecule has 0 aliphatic heterocycles. The molecule has 4 N–H and O–H groups in total. The van der Waals surface area contributed by atoms with E-state index in [0.29, 0.717) is 27.1 Å². The summed E-state index contributed by atoms with van der Waals surface area (Å²) in [5.41, 5.74) is 9.45. The largest absolute Gasteiger partial charge is 0.398 e. The number of nitrogens with one attached hydrogen (secondary N) is 2. The number of anilines is 3. The SMILES string of the molecule is Cc1ccc(N)c(C)c1NC(=O)Nc1cc(Cl)cc(Cl)c1. The zero-order valence-electron chi connectivity index (χ0n) is 11.6. The Labute approximate surface area is 133 Å². The van der Waals surface area contributed by atoms with Gasteiger partial charge in [-0.05, 0) is 49.2 Å². The number of carbonyl (C=O) groups is 1. The first-order valence-electron chi connectivity index (χ1n) is 6.26. The Balaban J connectivity index is 2.17. The molecule has 6 heteroatoms. The van der Waals surface area contributed by atoms with Crippen molar-refractivity contribution in [1.82, 2.24) is 0 Å². The number of halogens is 2. The van der Waals surface area contributed by atoms with Gasteiger partial charge in [0.25, 0.3) is 0 Å². The summed E-state index contributed by atoms with van der Waals surface area (Å²) in [6.07, 6.45) is 0. The van der Waals surface area contributed by atoms with E-state index in [1.807, 2.05) is 26.0 Å². The van der Waals surface area contributed by atoms with Crippen molar-refractivity contribution in [2.24, 2.45) is 0 Å². The summed E-state index contributed by atoms with van der Waals surface area (Å²) in [6, 6.07) is 8.11. The monoisotopic (exact) mass is 323 g/mol. The van der Waals surface area contributed by atoms with Crippen LogP contribution in [0.2, 0.25) is 10.0 Å². The fourth-order valence-corrected chi connectivity index (χ4v) is 2.48. The fourth-order valence-electron chi connectivity index (χ4n) is 1.96. The highest BCUT2D eigenvalue weighted by molar-refractivity contribution is 6.35. The number of carbonyl (C=O) groups excluding carboxylic acids is 1. The molecule has 0 bridgehead atoms. The summed E-state index contributed by atoms with van der Waals surface area (Å²) >= 11 is 11.8. The second-order valence-corrected chi connectivity index (χ2v) is 5.58. The Hall–Kier alpha value is -1.91. The lowest BCUT2D eigenvalue weighted by molar-refractivity contribution is 0.262. The van der Waals surface area contributed by atoms with Gasteiger partial charge >= 0.3 is 6.03 Å². The van der Waals surface area contributed by atoms with Crippen LogP contribution in [-0.4, -0.2) is 6.03 Å². The Morgan fingerprint density at radius 2 is 1.67 bits per heavy atom. The molecule has 2 aromatic rings. The van der Waals surface area contributed by atoms with Gasteiger partial charge in [0.2, 0.25) is 0 Å². The quantitative estimate of drug-likeness (QED) is 0.692. The molecule has 4 nitrogen and oxygen atoms in total. The molecule has 0 atom stereocenters. The van der Waals surface area contributed by atoms with Crippen LogP contribution in [0.5, 0.6) is 0 Å². The second-order valence-electron chi connectivity index (χ2n) is 4.71. The molecule has 21 heavy (non-hydrogen) atoms. The third-order valence-corrected chi connectivity index (χ3v) is 3.51. The van der Waals surface area contributed by atoms with E-state index in [0.717, 1.165) is 11.1 Å². The molecule has 0 heterocycles. The number of amides is 2. The Morgan fingerprint density at radius 3 is 2.29 bits per heavy atom. The van der Waals surface area contributed by atoms with Crippen LogP contribution in [0.25, 0.3) is 0 Å². The molecule has 0 saturated carbocycles. The molecule has 0 aromatic heterocycles. The highest BCUT2D eigenvalue weighted by Gasteiger charge is 2.10. The molecule has 0 radical (unpaired) electrons. The normalized spacial score (nSPS) is 10.3. The summed E-state index contributed by atoms with van der Waals surface area (Å²) in [5, 5.41) is 6.38. The number of hydrogen-bond acceptors (Lipinski definition) is 2. The molecule has 2 aromatic carbocycles. The van der Waals surface area contributed by atoms with Gasteiger partial charge in [-0.15, -0.1) is 0 Å². The van der Waals surface area contributed by atoms with E-state index in [4.69, 9.17) is 28.9 Å². The van der Waals surface area contributed by atoms with E-state index >= 15 is 0 Å². The van der Waals surface area contributed by atoms with Gasteiger partial charge in [-0.1, -0.05) is 29.3 Å². The predicted molar refractivity (Wildman–Crippen MR) is 89.4 cm³/mol. The molecule has 0 saturated heterocycles. The highest BCUT2D eigenvalue weighted by Crippen LogP contribution is 2.26. The lowest BCUT2D eigenvalue weighted by atomic mass is 10.1. The van der Waals surface area contributed by atoms with Gasteiger partial charge in [0.15, 0.2) is 0 Å². The van der Waals surface area contributed by atoms with Gasteiger partial charge in [-0.2, -0.15) is 0 Å².